The van der Waals surface area contributed by atoms with E-state index >= 15 is 0 Å². The van der Waals surface area contributed by atoms with Gasteiger partial charge < -0.3 is 0 Å². The lowest BCUT2D eigenvalue weighted by Crippen LogP contribution is -2.15. The first-order valence-corrected chi connectivity index (χ1v) is 8.11. The molecule has 0 heteroatoms. The lowest BCUT2D eigenvalue weighted by molar-refractivity contribution is 0.657. The minimum atomic E-state index is 0.116. The van der Waals surface area contributed by atoms with E-state index in [-0.39, 0.29) is 5.41 Å². The molecule has 0 saturated heterocycles. The van der Waals surface area contributed by atoms with E-state index in [0.717, 1.165) is 0 Å². The highest BCUT2D eigenvalue weighted by Crippen LogP contribution is 2.49. The Morgan fingerprint density at radius 3 is 1.86 bits per heavy atom. The Labute approximate surface area is 129 Å². The second-order valence-corrected chi connectivity index (χ2v) is 7.54. The van der Waals surface area contributed by atoms with E-state index in [1.54, 1.807) is 0 Å². The Morgan fingerprint density at radius 1 is 0.667 bits per heavy atom. The van der Waals surface area contributed by atoms with Crippen LogP contribution in [0.5, 0.6) is 0 Å². The molecular weight excluding hydrogens is 252 g/mol. The molecule has 0 aromatic heterocycles. The summed E-state index contributed by atoms with van der Waals surface area (Å²) in [6.45, 7) is 13.8. The van der Waals surface area contributed by atoms with Crippen LogP contribution < -0.4 is 0 Å². The third-order valence-electron chi connectivity index (χ3n) is 5.06. The number of benzene rings is 2. The molecule has 0 aliphatic heterocycles. The molecule has 0 N–H and O–H groups in total. The number of fused-ring (bicyclic) bond motifs is 3. The molecule has 0 amide bonds. The zero-order valence-electron chi connectivity index (χ0n) is 14.1. The molecule has 1 aliphatic rings. The topological polar surface area (TPSA) is 0 Å². The molecule has 0 bridgehead atoms. The van der Waals surface area contributed by atoms with Crippen LogP contribution in [0, 0.1) is 0 Å². The minimum Gasteiger partial charge on any atom is -0.0587 e. The van der Waals surface area contributed by atoms with Crippen LogP contribution in [0.2, 0.25) is 0 Å². The Balaban J connectivity index is 2.23. The zero-order valence-corrected chi connectivity index (χ0v) is 14.1. The fraction of sp³-hybridized carbons (Fsp3) is 0.429. The normalized spacial score (nSPS) is 15.4. The Kier molecular flexibility index (Phi) is 3.24. The van der Waals surface area contributed by atoms with Gasteiger partial charge >= 0.3 is 0 Å². The van der Waals surface area contributed by atoms with Gasteiger partial charge in [0.15, 0.2) is 0 Å². The zero-order chi connectivity index (χ0) is 15.4. The highest BCUT2D eigenvalue weighted by molar-refractivity contribution is 5.81. The summed E-state index contributed by atoms with van der Waals surface area (Å²) in [5.74, 6) is 1.17. The van der Waals surface area contributed by atoms with Crippen molar-refractivity contribution >= 4 is 0 Å². The van der Waals surface area contributed by atoms with E-state index < -0.39 is 0 Å². The summed E-state index contributed by atoms with van der Waals surface area (Å²) in [5, 5.41) is 0. The SMILES string of the molecule is CC(C)c1ccc2c(c1)-c1ccc(C(C)C)cc1C2(C)C. The van der Waals surface area contributed by atoms with Crippen molar-refractivity contribution in [1.29, 1.82) is 0 Å². The lowest BCUT2D eigenvalue weighted by atomic mass is 9.81. The maximum atomic E-state index is 2.43. The maximum absolute atomic E-state index is 2.43. The molecule has 0 radical (unpaired) electrons. The van der Waals surface area contributed by atoms with Crippen molar-refractivity contribution in [3.05, 3.63) is 58.7 Å². The first-order valence-electron chi connectivity index (χ1n) is 8.11. The standard InChI is InChI=1S/C21H26/c1-13(2)15-8-10-19-18(11-15)17-9-7-16(14(3)4)12-20(17)21(19,5)6/h7-14H,1-6H3. The van der Waals surface area contributed by atoms with Crippen LogP contribution in [0.3, 0.4) is 0 Å². The van der Waals surface area contributed by atoms with Crippen LogP contribution in [0.25, 0.3) is 11.1 Å². The molecule has 0 atom stereocenters. The van der Waals surface area contributed by atoms with E-state index in [2.05, 4.69) is 77.9 Å². The smallest absolute Gasteiger partial charge is 0.0158 e. The van der Waals surface area contributed by atoms with Crippen molar-refractivity contribution in [3.8, 4) is 11.1 Å². The molecule has 0 unspecified atom stereocenters. The maximum Gasteiger partial charge on any atom is 0.0158 e. The molecule has 0 spiro atoms. The van der Waals surface area contributed by atoms with Crippen LogP contribution in [-0.2, 0) is 5.41 Å². The Hall–Kier alpha value is -1.56. The van der Waals surface area contributed by atoms with Crippen molar-refractivity contribution in [2.75, 3.05) is 0 Å². The van der Waals surface area contributed by atoms with Gasteiger partial charge in [0.05, 0.1) is 0 Å². The molecule has 0 fully saturated rings. The van der Waals surface area contributed by atoms with Crippen LogP contribution in [0.15, 0.2) is 36.4 Å². The summed E-state index contributed by atoms with van der Waals surface area (Å²) >= 11 is 0. The highest BCUT2D eigenvalue weighted by Gasteiger charge is 2.35. The van der Waals surface area contributed by atoms with Crippen molar-refractivity contribution < 1.29 is 0 Å². The van der Waals surface area contributed by atoms with Gasteiger partial charge in [-0.05, 0) is 45.2 Å². The van der Waals surface area contributed by atoms with E-state index in [4.69, 9.17) is 0 Å². The van der Waals surface area contributed by atoms with Gasteiger partial charge in [0.1, 0.15) is 0 Å². The van der Waals surface area contributed by atoms with Gasteiger partial charge in [-0.2, -0.15) is 0 Å². The van der Waals surface area contributed by atoms with Crippen molar-refractivity contribution in [1.82, 2.24) is 0 Å². The second-order valence-electron chi connectivity index (χ2n) is 7.54. The predicted molar refractivity (Wildman–Crippen MR) is 92.2 cm³/mol. The molecule has 0 nitrogen and oxygen atoms in total. The molecule has 3 rings (SSSR count). The molecule has 1 aliphatic carbocycles. The van der Waals surface area contributed by atoms with Crippen LogP contribution in [0.1, 0.15) is 75.6 Å². The molecular formula is C21H26. The molecule has 21 heavy (non-hydrogen) atoms. The minimum absolute atomic E-state index is 0.116. The van der Waals surface area contributed by atoms with Gasteiger partial charge in [0.25, 0.3) is 0 Å². The molecule has 110 valence electrons. The van der Waals surface area contributed by atoms with Crippen LogP contribution in [-0.4, -0.2) is 0 Å². The summed E-state index contributed by atoms with van der Waals surface area (Å²) in [6.07, 6.45) is 0. The van der Waals surface area contributed by atoms with Crippen LogP contribution in [0.4, 0.5) is 0 Å². The summed E-state index contributed by atoms with van der Waals surface area (Å²) in [4.78, 5) is 0. The third kappa shape index (κ3) is 2.12. The average molecular weight is 278 g/mol. The van der Waals surface area contributed by atoms with E-state index in [9.17, 15) is 0 Å². The van der Waals surface area contributed by atoms with Gasteiger partial charge in [0.2, 0.25) is 0 Å². The van der Waals surface area contributed by atoms with Gasteiger partial charge in [-0.25, -0.2) is 0 Å². The molecule has 0 saturated carbocycles. The highest BCUT2D eigenvalue weighted by atomic mass is 14.4. The largest absolute Gasteiger partial charge is 0.0587 e. The lowest BCUT2D eigenvalue weighted by Gasteiger charge is -2.22. The predicted octanol–water partition coefficient (Wildman–Crippen LogP) is 6.24. The monoisotopic (exact) mass is 278 g/mol. The summed E-state index contributed by atoms with van der Waals surface area (Å²) in [7, 11) is 0. The van der Waals surface area contributed by atoms with Crippen LogP contribution >= 0.6 is 0 Å². The van der Waals surface area contributed by atoms with E-state index in [0.29, 0.717) is 11.8 Å². The van der Waals surface area contributed by atoms with Crippen molar-refractivity contribution in [2.45, 2.75) is 58.8 Å². The van der Waals surface area contributed by atoms with E-state index in [1.165, 1.54) is 33.4 Å². The van der Waals surface area contributed by atoms with E-state index in [1.807, 2.05) is 0 Å². The summed E-state index contributed by atoms with van der Waals surface area (Å²) in [6, 6.07) is 14.1. The van der Waals surface area contributed by atoms with Crippen molar-refractivity contribution in [3.63, 3.8) is 0 Å². The summed E-state index contributed by atoms with van der Waals surface area (Å²) in [5.41, 5.74) is 8.83. The van der Waals surface area contributed by atoms with Gasteiger partial charge in [0, 0.05) is 5.41 Å². The fourth-order valence-electron chi connectivity index (χ4n) is 3.51. The Bertz CT molecular complexity index is 687. The van der Waals surface area contributed by atoms with Gasteiger partial charge in [-0.15, -0.1) is 0 Å². The summed E-state index contributed by atoms with van der Waals surface area (Å²) < 4.78 is 0. The van der Waals surface area contributed by atoms with Gasteiger partial charge in [-0.1, -0.05) is 77.9 Å². The Morgan fingerprint density at radius 2 is 1.24 bits per heavy atom. The first-order chi connectivity index (χ1) is 9.82. The van der Waals surface area contributed by atoms with Crippen molar-refractivity contribution in [2.24, 2.45) is 0 Å². The number of rotatable bonds is 2. The molecule has 2 aromatic carbocycles. The first kappa shape index (κ1) is 14.4. The average Bonchev–Trinajstić information content (AvgIpc) is 2.67. The molecule has 2 aromatic rings. The number of hydrogen-bond donors (Lipinski definition) is 0. The quantitative estimate of drug-likeness (QED) is 0.610. The fourth-order valence-corrected chi connectivity index (χ4v) is 3.51. The number of hydrogen-bond acceptors (Lipinski definition) is 0. The molecule has 0 heterocycles. The second kappa shape index (κ2) is 4.73. The third-order valence-corrected chi connectivity index (χ3v) is 5.06. The van der Waals surface area contributed by atoms with Gasteiger partial charge in [-0.3, -0.25) is 0 Å².